The maximum absolute atomic E-state index is 10.5. The van der Waals surface area contributed by atoms with Gasteiger partial charge in [0, 0.05) is 0 Å². The van der Waals surface area contributed by atoms with Crippen molar-refractivity contribution >= 4 is 11.9 Å². The number of hydrogen-bond donors (Lipinski definition) is 2. The minimum absolute atomic E-state index is 0.167. The molecule has 0 fully saturated rings. The van der Waals surface area contributed by atoms with Crippen LogP contribution < -0.4 is 0 Å². The van der Waals surface area contributed by atoms with E-state index in [1.165, 1.54) is 12.1 Å². The zero-order valence-corrected chi connectivity index (χ0v) is 7.75. The summed E-state index contributed by atoms with van der Waals surface area (Å²) in [6.45, 7) is 0.229. The number of carbonyl (C=O) groups is 1. The first-order chi connectivity index (χ1) is 7.16. The van der Waals surface area contributed by atoms with Crippen molar-refractivity contribution in [1.29, 1.82) is 0 Å². The number of phenols is 1. The summed E-state index contributed by atoms with van der Waals surface area (Å²) in [5.74, 6) is -1.25. The largest absolute Gasteiger partial charge is 0.508 e. The van der Waals surface area contributed by atoms with E-state index in [1.54, 1.807) is 12.1 Å². The summed E-state index contributed by atoms with van der Waals surface area (Å²) < 4.78 is 4.90. The summed E-state index contributed by atoms with van der Waals surface area (Å²) in [4.78, 5) is 14.4. The molecule has 0 aliphatic carbocycles. The monoisotopic (exact) mass is 207 g/mol. The van der Waals surface area contributed by atoms with E-state index >= 15 is 0 Å². The normalized spacial score (nSPS) is 19.5. The van der Waals surface area contributed by atoms with Gasteiger partial charge in [-0.25, -0.2) is 9.79 Å². The molecule has 0 amide bonds. The predicted octanol–water partition coefficient (Wildman–Crippen LogP) is 0.947. The van der Waals surface area contributed by atoms with Gasteiger partial charge >= 0.3 is 5.97 Å². The average Bonchev–Trinajstić information content (AvgIpc) is 2.68. The molecule has 5 nitrogen and oxygen atoms in total. The average molecular weight is 207 g/mol. The molecule has 1 aliphatic rings. The molecule has 0 saturated carbocycles. The maximum atomic E-state index is 10.5. The Kier molecular flexibility index (Phi) is 2.29. The summed E-state index contributed by atoms with van der Waals surface area (Å²) >= 11 is 0. The number of carboxylic acid groups (broad SMARTS) is 1. The summed E-state index contributed by atoms with van der Waals surface area (Å²) in [6, 6.07) is 6.15. The molecule has 0 spiro atoms. The first kappa shape index (κ1) is 9.51. The lowest BCUT2D eigenvalue weighted by Gasteiger charge is -2.04. The van der Waals surface area contributed by atoms with Gasteiger partial charge in [0.05, 0.1) is 0 Å². The number of nitrogens with zero attached hydrogens (tertiary/aromatic N) is 1. The Labute approximate surface area is 85.6 Å². The van der Waals surface area contributed by atoms with Gasteiger partial charge in [-0.05, 0) is 17.7 Å². The highest BCUT2D eigenvalue weighted by atomic mass is 16.5. The van der Waals surface area contributed by atoms with Crippen LogP contribution in [0.5, 0.6) is 5.75 Å². The Hall–Kier alpha value is -2.04. The molecule has 2 rings (SSSR count). The maximum Gasteiger partial charge on any atom is 0.391 e. The van der Waals surface area contributed by atoms with Crippen molar-refractivity contribution in [3.63, 3.8) is 0 Å². The lowest BCUT2D eigenvalue weighted by atomic mass is 10.1. The van der Waals surface area contributed by atoms with Crippen LogP contribution in [0, 0.1) is 0 Å². The van der Waals surface area contributed by atoms with Crippen LogP contribution in [0.1, 0.15) is 11.6 Å². The van der Waals surface area contributed by atoms with Crippen LogP contribution in [0.3, 0.4) is 0 Å². The topological polar surface area (TPSA) is 79.1 Å². The fraction of sp³-hybridized carbons (Fsp3) is 0.200. The molecule has 1 atom stereocenters. The molecule has 1 aliphatic heterocycles. The molecule has 0 aromatic heterocycles. The van der Waals surface area contributed by atoms with E-state index in [9.17, 15) is 4.79 Å². The number of aliphatic carboxylic acids is 1. The van der Waals surface area contributed by atoms with Crippen LogP contribution >= 0.6 is 0 Å². The van der Waals surface area contributed by atoms with Crippen LogP contribution in [-0.4, -0.2) is 28.7 Å². The molecule has 2 N–H and O–H groups in total. The lowest BCUT2D eigenvalue weighted by Crippen LogP contribution is -2.12. The number of rotatable bonds is 2. The van der Waals surface area contributed by atoms with Gasteiger partial charge in [-0.3, -0.25) is 0 Å². The second-order valence-electron chi connectivity index (χ2n) is 3.16. The third-order valence-corrected chi connectivity index (χ3v) is 2.11. The van der Waals surface area contributed by atoms with Gasteiger partial charge in [-0.15, -0.1) is 0 Å². The van der Waals surface area contributed by atoms with Gasteiger partial charge in [0.1, 0.15) is 18.4 Å². The molecule has 5 heteroatoms. The highest BCUT2D eigenvalue weighted by molar-refractivity contribution is 6.32. The second kappa shape index (κ2) is 3.61. The van der Waals surface area contributed by atoms with E-state index in [4.69, 9.17) is 14.9 Å². The third-order valence-electron chi connectivity index (χ3n) is 2.11. The highest BCUT2D eigenvalue weighted by Gasteiger charge is 2.24. The second-order valence-corrected chi connectivity index (χ2v) is 3.16. The molecule has 1 aromatic rings. The summed E-state index contributed by atoms with van der Waals surface area (Å²) in [6.07, 6.45) is 0. The Morgan fingerprint density at radius 3 is 2.60 bits per heavy atom. The van der Waals surface area contributed by atoms with E-state index in [0.717, 1.165) is 5.56 Å². The number of carboxylic acids is 1. The van der Waals surface area contributed by atoms with Gasteiger partial charge in [-0.1, -0.05) is 12.1 Å². The van der Waals surface area contributed by atoms with Crippen molar-refractivity contribution in [2.45, 2.75) is 6.04 Å². The minimum Gasteiger partial charge on any atom is -0.508 e. The van der Waals surface area contributed by atoms with Crippen molar-refractivity contribution in [1.82, 2.24) is 0 Å². The van der Waals surface area contributed by atoms with Gasteiger partial charge in [0.2, 0.25) is 0 Å². The van der Waals surface area contributed by atoms with Crippen molar-refractivity contribution in [3.8, 4) is 5.75 Å². The molecule has 0 radical (unpaired) electrons. The first-order valence-corrected chi connectivity index (χ1v) is 4.39. The van der Waals surface area contributed by atoms with E-state index in [-0.39, 0.29) is 24.3 Å². The van der Waals surface area contributed by atoms with Gasteiger partial charge in [0.15, 0.2) is 0 Å². The van der Waals surface area contributed by atoms with Crippen molar-refractivity contribution < 1.29 is 19.7 Å². The number of ether oxygens (including phenoxy) is 1. The molecular weight excluding hydrogens is 198 g/mol. The zero-order chi connectivity index (χ0) is 10.8. The number of aromatic hydroxyl groups is 1. The van der Waals surface area contributed by atoms with Gasteiger partial charge in [0.25, 0.3) is 5.90 Å². The van der Waals surface area contributed by atoms with E-state index in [2.05, 4.69) is 4.99 Å². The first-order valence-electron chi connectivity index (χ1n) is 4.39. The van der Waals surface area contributed by atoms with Crippen molar-refractivity contribution in [2.75, 3.05) is 6.61 Å². The Bertz CT molecular complexity index is 410. The molecule has 15 heavy (non-hydrogen) atoms. The van der Waals surface area contributed by atoms with Gasteiger partial charge < -0.3 is 14.9 Å². The van der Waals surface area contributed by atoms with E-state index < -0.39 is 5.97 Å². The van der Waals surface area contributed by atoms with Crippen LogP contribution in [0.25, 0.3) is 0 Å². The van der Waals surface area contributed by atoms with Crippen LogP contribution in [0.4, 0.5) is 0 Å². The Morgan fingerprint density at radius 1 is 1.40 bits per heavy atom. The third kappa shape index (κ3) is 1.90. The number of hydrogen-bond acceptors (Lipinski definition) is 4. The Balaban J connectivity index is 2.20. The Morgan fingerprint density at radius 2 is 2.07 bits per heavy atom. The van der Waals surface area contributed by atoms with E-state index in [1.807, 2.05) is 0 Å². The number of benzene rings is 1. The standard InChI is InChI=1S/C10H9NO4/c12-7-3-1-6(2-4-7)8-5-15-9(11-8)10(13)14/h1-4,8,12H,5H2,(H,13,14). The lowest BCUT2D eigenvalue weighted by molar-refractivity contribution is -0.130. The SMILES string of the molecule is O=C(O)C1=NC(c2ccc(O)cc2)CO1. The fourth-order valence-corrected chi connectivity index (χ4v) is 1.36. The summed E-state index contributed by atoms with van der Waals surface area (Å²) in [5.41, 5.74) is 0.823. The molecule has 1 heterocycles. The molecular formula is C10H9NO4. The van der Waals surface area contributed by atoms with Crippen molar-refractivity contribution in [2.24, 2.45) is 4.99 Å². The van der Waals surface area contributed by atoms with Gasteiger partial charge in [-0.2, -0.15) is 0 Å². The summed E-state index contributed by atoms with van der Waals surface area (Å²) in [7, 11) is 0. The number of aliphatic imine (C=N–C) groups is 1. The van der Waals surface area contributed by atoms with E-state index in [0.29, 0.717) is 0 Å². The molecule has 0 bridgehead atoms. The minimum atomic E-state index is -1.16. The molecule has 0 saturated heterocycles. The number of phenolic OH excluding ortho intramolecular Hbond substituents is 1. The predicted molar refractivity (Wildman–Crippen MR) is 51.9 cm³/mol. The van der Waals surface area contributed by atoms with Crippen LogP contribution in [0.15, 0.2) is 29.3 Å². The quantitative estimate of drug-likeness (QED) is 0.756. The molecule has 1 unspecified atom stereocenters. The van der Waals surface area contributed by atoms with Crippen LogP contribution in [-0.2, 0) is 9.53 Å². The van der Waals surface area contributed by atoms with Crippen LogP contribution in [0.2, 0.25) is 0 Å². The molecule has 1 aromatic carbocycles. The summed E-state index contributed by atoms with van der Waals surface area (Å²) in [5, 5.41) is 17.7. The highest BCUT2D eigenvalue weighted by Crippen LogP contribution is 2.24. The smallest absolute Gasteiger partial charge is 0.391 e. The van der Waals surface area contributed by atoms with Crippen molar-refractivity contribution in [3.05, 3.63) is 29.8 Å². The molecule has 78 valence electrons. The zero-order valence-electron chi connectivity index (χ0n) is 7.75. The fourth-order valence-electron chi connectivity index (χ4n) is 1.36.